The van der Waals surface area contributed by atoms with Gasteiger partial charge in [0.25, 0.3) is 0 Å². The summed E-state index contributed by atoms with van der Waals surface area (Å²) in [5, 5.41) is 10.7. The van der Waals surface area contributed by atoms with Crippen molar-refractivity contribution in [3.8, 4) is 0 Å². The SMILES string of the molecule is CC(C)(C)OC(=O)[C@](C)(N)Cc1cn(O)c2ccccc12. The Kier molecular flexibility index (Phi) is 3.72. The van der Waals surface area contributed by atoms with Gasteiger partial charge in [0, 0.05) is 18.0 Å². The van der Waals surface area contributed by atoms with Crippen LogP contribution in [0.3, 0.4) is 0 Å². The first-order valence-corrected chi connectivity index (χ1v) is 6.91. The molecule has 0 saturated carbocycles. The number of ether oxygens (including phenoxy) is 1. The molecule has 2 rings (SSSR count). The number of nitrogens with two attached hydrogens (primary N) is 1. The monoisotopic (exact) mass is 290 g/mol. The topological polar surface area (TPSA) is 77.5 Å². The van der Waals surface area contributed by atoms with Gasteiger partial charge >= 0.3 is 5.97 Å². The number of fused-ring (bicyclic) bond motifs is 1. The largest absolute Gasteiger partial charge is 0.459 e. The minimum atomic E-state index is -1.16. The molecular weight excluding hydrogens is 268 g/mol. The second-order valence-electron chi connectivity index (χ2n) is 6.61. The highest BCUT2D eigenvalue weighted by Crippen LogP contribution is 2.24. The first-order chi connectivity index (χ1) is 9.60. The van der Waals surface area contributed by atoms with Crippen LogP contribution in [0.1, 0.15) is 33.3 Å². The zero-order chi connectivity index (χ0) is 15.8. The lowest BCUT2D eigenvalue weighted by Crippen LogP contribution is -2.50. The van der Waals surface area contributed by atoms with E-state index in [-0.39, 0.29) is 6.42 Å². The van der Waals surface area contributed by atoms with Gasteiger partial charge in [-0.15, -0.1) is 0 Å². The second kappa shape index (κ2) is 5.07. The maximum Gasteiger partial charge on any atom is 0.326 e. The number of para-hydroxylation sites is 1. The van der Waals surface area contributed by atoms with Crippen LogP contribution in [0.2, 0.25) is 0 Å². The minimum Gasteiger partial charge on any atom is -0.459 e. The van der Waals surface area contributed by atoms with Crippen molar-refractivity contribution in [2.24, 2.45) is 5.73 Å². The van der Waals surface area contributed by atoms with Crippen molar-refractivity contribution in [1.82, 2.24) is 4.73 Å². The van der Waals surface area contributed by atoms with E-state index < -0.39 is 17.1 Å². The Morgan fingerprint density at radius 3 is 2.52 bits per heavy atom. The Morgan fingerprint density at radius 2 is 1.90 bits per heavy atom. The Bertz CT molecular complexity index is 666. The van der Waals surface area contributed by atoms with Gasteiger partial charge in [0.15, 0.2) is 0 Å². The predicted octanol–water partition coefficient (Wildman–Crippen LogP) is 2.48. The van der Waals surface area contributed by atoms with Crippen molar-refractivity contribution in [3.05, 3.63) is 36.0 Å². The third-order valence-electron chi connectivity index (χ3n) is 3.20. The van der Waals surface area contributed by atoms with E-state index in [0.717, 1.165) is 15.7 Å². The summed E-state index contributed by atoms with van der Waals surface area (Å²) in [7, 11) is 0. The number of esters is 1. The van der Waals surface area contributed by atoms with Gasteiger partial charge in [-0.3, -0.25) is 4.79 Å². The van der Waals surface area contributed by atoms with Crippen LogP contribution in [0, 0.1) is 0 Å². The zero-order valence-electron chi connectivity index (χ0n) is 12.9. The molecule has 0 aliphatic heterocycles. The average Bonchev–Trinajstić information content (AvgIpc) is 2.64. The molecule has 0 aliphatic rings. The van der Waals surface area contributed by atoms with Crippen LogP contribution in [0.5, 0.6) is 0 Å². The highest BCUT2D eigenvalue weighted by atomic mass is 16.6. The number of aromatic nitrogens is 1. The fourth-order valence-corrected chi connectivity index (χ4v) is 2.23. The molecule has 5 nitrogen and oxygen atoms in total. The van der Waals surface area contributed by atoms with Gasteiger partial charge in [-0.2, -0.15) is 4.73 Å². The van der Waals surface area contributed by atoms with E-state index in [9.17, 15) is 10.0 Å². The van der Waals surface area contributed by atoms with Gasteiger partial charge < -0.3 is 15.7 Å². The number of benzene rings is 1. The normalized spacial score (nSPS) is 14.9. The maximum absolute atomic E-state index is 12.2. The average molecular weight is 290 g/mol. The molecule has 0 fully saturated rings. The van der Waals surface area contributed by atoms with Crippen LogP contribution in [0.15, 0.2) is 30.5 Å². The van der Waals surface area contributed by atoms with Gasteiger partial charge in [-0.1, -0.05) is 18.2 Å². The van der Waals surface area contributed by atoms with Crippen LogP contribution in [-0.4, -0.2) is 27.0 Å². The second-order valence-corrected chi connectivity index (χ2v) is 6.61. The first kappa shape index (κ1) is 15.4. The van der Waals surface area contributed by atoms with E-state index in [4.69, 9.17) is 10.5 Å². The third kappa shape index (κ3) is 3.36. The van der Waals surface area contributed by atoms with Crippen LogP contribution in [0.25, 0.3) is 10.9 Å². The summed E-state index contributed by atoms with van der Waals surface area (Å²) in [4.78, 5) is 12.2. The molecule has 3 N–H and O–H groups in total. The fourth-order valence-electron chi connectivity index (χ4n) is 2.23. The number of hydrogen-bond donors (Lipinski definition) is 2. The summed E-state index contributed by atoms with van der Waals surface area (Å²) in [6.45, 7) is 7.06. The van der Waals surface area contributed by atoms with E-state index in [1.165, 1.54) is 0 Å². The molecular formula is C16H22N2O3. The van der Waals surface area contributed by atoms with Crippen LogP contribution in [-0.2, 0) is 16.0 Å². The Hall–Kier alpha value is -2.01. The predicted molar refractivity (Wildman–Crippen MR) is 81.3 cm³/mol. The molecule has 1 aromatic heterocycles. The van der Waals surface area contributed by atoms with Gasteiger partial charge in [-0.25, -0.2) is 0 Å². The van der Waals surface area contributed by atoms with Gasteiger partial charge in [0.05, 0.1) is 5.52 Å². The Labute approximate surface area is 124 Å². The molecule has 114 valence electrons. The maximum atomic E-state index is 12.2. The molecule has 0 amide bonds. The molecule has 0 bridgehead atoms. The lowest BCUT2D eigenvalue weighted by molar-refractivity contribution is -0.160. The lowest BCUT2D eigenvalue weighted by Gasteiger charge is -2.28. The molecule has 0 aliphatic carbocycles. The smallest absolute Gasteiger partial charge is 0.326 e. The molecule has 5 heteroatoms. The molecule has 1 atom stereocenters. The van der Waals surface area contributed by atoms with E-state index >= 15 is 0 Å². The molecule has 0 radical (unpaired) electrons. The molecule has 0 unspecified atom stereocenters. The summed E-state index contributed by atoms with van der Waals surface area (Å²) in [6, 6.07) is 7.42. The number of rotatable bonds is 3. The summed E-state index contributed by atoms with van der Waals surface area (Å²) >= 11 is 0. The number of carbonyl (C=O) groups is 1. The van der Waals surface area contributed by atoms with Crippen LogP contribution < -0.4 is 5.73 Å². The lowest BCUT2D eigenvalue weighted by atomic mass is 9.93. The van der Waals surface area contributed by atoms with Crippen molar-refractivity contribution in [2.45, 2.75) is 45.3 Å². The van der Waals surface area contributed by atoms with Crippen molar-refractivity contribution >= 4 is 16.9 Å². The van der Waals surface area contributed by atoms with Crippen LogP contribution >= 0.6 is 0 Å². The fraction of sp³-hybridized carbons (Fsp3) is 0.438. The van der Waals surface area contributed by atoms with Crippen molar-refractivity contribution < 1.29 is 14.7 Å². The quantitative estimate of drug-likeness (QED) is 0.672. The molecule has 21 heavy (non-hydrogen) atoms. The van der Waals surface area contributed by atoms with E-state index in [2.05, 4.69) is 0 Å². The summed E-state index contributed by atoms with van der Waals surface area (Å²) in [5.74, 6) is -0.454. The van der Waals surface area contributed by atoms with Crippen molar-refractivity contribution in [2.75, 3.05) is 0 Å². The highest BCUT2D eigenvalue weighted by Gasteiger charge is 2.34. The van der Waals surface area contributed by atoms with Crippen molar-refractivity contribution in [3.63, 3.8) is 0 Å². The van der Waals surface area contributed by atoms with E-state index in [1.54, 1.807) is 40.0 Å². The zero-order valence-corrected chi connectivity index (χ0v) is 12.9. The molecule has 2 aromatic rings. The first-order valence-electron chi connectivity index (χ1n) is 6.91. The van der Waals surface area contributed by atoms with Gasteiger partial charge in [0.1, 0.15) is 11.1 Å². The van der Waals surface area contributed by atoms with Crippen LogP contribution in [0.4, 0.5) is 0 Å². The van der Waals surface area contributed by atoms with E-state index in [1.807, 2.05) is 18.2 Å². The molecule has 1 aromatic carbocycles. The summed E-state index contributed by atoms with van der Waals surface area (Å²) < 4.78 is 6.41. The molecule has 0 spiro atoms. The third-order valence-corrected chi connectivity index (χ3v) is 3.20. The van der Waals surface area contributed by atoms with Gasteiger partial charge in [0.2, 0.25) is 0 Å². The number of carbonyl (C=O) groups excluding carboxylic acids is 1. The number of hydrogen-bond acceptors (Lipinski definition) is 4. The summed E-state index contributed by atoms with van der Waals surface area (Å²) in [6.07, 6.45) is 1.87. The standard InChI is InChI=1S/C16H22N2O3/c1-15(2,3)21-14(19)16(4,17)9-11-10-18(20)13-8-6-5-7-12(11)13/h5-8,10,20H,9,17H2,1-4H3/t16-/m1/s1. The number of nitrogens with zero attached hydrogens (tertiary/aromatic N) is 1. The Morgan fingerprint density at radius 1 is 1.29 bits per heavy atom. The van der Waals surface area contributed by atoms with Crippen molar-refractivity contribution in [1.29, 1.82) is 0 Å². The summed E-state index contributed by atoms with van der Waals surface area (Å²) in [5.41, 5.74) is 5.90. The molecule has 0 saturated heterocycles. The Balaban J connectivity index is 2.28. The van der Waals surface area contributed by atoms with Gasteiger partial charge in [-0.05, 0) is 39.3 Å². The minimum absolute atomic E-state index is 0.288. The van der Waals surface area contributed by atoms with E-state index in [0.29, 0.717) is 5.52 Å². The molecule has 1 heterocycles. The highest BCUT2D eigenvalue weighted by molar-refractivity contribution is 5.86.